The molecule has 6 heteroatoms. The van der Waals surface area contributed by atoms with Gasteiger partial charge in [0, 0.05) is 20.2 Å². The quantitative estimate of drug-likeness (QED) is 0.684. The van der Waals surface area contributed by atoms with Gasteiger partial charge in [0.05, 0.1) is 6.10 Å². The van der Waals surface area contributed by atoms with Crippen LogP contribution in [0.5, 0.6) is 0 Å². The highest BCUT2D eigenvalue weighted by Crippen LogP contribution is 2.29. The van der Waals surface area contributed by atoms with E-state index in [0.29, 0.717) is 19.0 Å². The van der Waals surface area contributed by atoms with Crippen molar-refractivity contribution in [2.75, 3.05) is 26.7 Å². The van der Waals surface area contributed by atoms with Crippen LogP contribution in [0.25, 0.3) is 0 Å². The van der Waals surface area contributed by atoms with Crippen LogP contribution in [0.3, 0.4) is 0 Å². The Morgan fingerprint density at radius 3 is 2.65 bits per heavy atom. The Morgan fingerprint density at radius 2 is 2.18 bits per heavy atom. The number of methoxy groups -OCH3 is 1. The van der Waals surface area contributed by atoms with E-state index in [0.717, 1.165) is 12.8 Å². The van der Waals surface area contributed by atoms with Gasteiger partial charge in [0.25, 0.3) is 0 Å². The lowest BCUT2D eigenvalue weighted by molar-refractivity contribution is -0.137. The van der Waals surface area contributed by atoms with E-state index in [9.17, 15) is 9.59 Å². The number of aliphatic carboxylic acids is 1. The number of amides is 2. The Hall–Kier alpha value is -1.30. The normalized spacial score (nSPS) is 16.4. The van der Waals surface area contributed by atoms with E-state index in [4.69, 9.17) is 9.84 Å². The van der Waals surface area contributed by atoms with Crippen molar-refractivity contribution in [1.29, 1.82) is 0 Å². The molecule has 1 fully saturated rings. The fourth-order valence-corrected chi connectivity index (χ4v) is 1.42. The molecule has 2 N–H and O–H groups in total. The van der Waals surface area contributed by atoms with Gasteiger partial charge in [0.1, 0.15) is 6.54 Å². The van der Waals surface area contributed by atoms with Crippen molar-refractivity contribution in [2.45, 2.75) is 25.9 Å². The number of nitrogens with zero attached hydrogens (tertiary/aromatic N) is 1. The van der Waals surface area contributed by atoms with Crippen molar-refractivity contribution in [3.05, 3.63) is 0 Å². The summed E-state index contributed by atoms with van der Waals surface area (Å²) < 4.78 is 5.01. The van der Waals surface area contributed by atoms with Crippen LogP contribution in [0.1, 0.15) is 19.8 Å². The van der Waals surface area contributed by atoms with E-state index in [1.807, 2.05) is 6.92 Å². The van der Waals surface area contributed by atoms with E-state index < -0.39 is 5.97 Å². The molecule has 0 spiro atoms. The van der Waals surface area contributed by atoms with E-state index in [2.05, 4.69) is 5.32 Å². The fraction of sp³-hybridized carbons (Fsp3) is 0.818. The third-order valence-electron chi connectivity index (χ3n) is 2.73. The molecular weight excluding hydrogens is 224 g/mol. The second-order valence-corrected chi connectivity index (χ2v) is 4.45. The Bertz CT molecular complexity index is 279. The number of carbonyl (C=O) groups is 2. The van der Waals surface area contributed by atoms with Crippen LogP contribution in [0.4, 0.5) is 4.79 Å². The summed E-state index contributed by atoms with van der Waals surface area (Å²) in [7, 11) is 1.57. The van der Waals surface area contributed by atoms with Crippen LogP contribution in [0, 0.1) is 5.92 Å². The molecule has 1 unspecified atom stereocenters. The molecule has 1 rings (SSSR count). The minimum atomic E-state index is -0.986. The topological polar surface area (TPSA) is 78.9 Å². The summed E-state index contributed by atoms with van der Waals surface area (Å²) in [5.74, 6) is -0.513. The van der Waals surface area contributed by atoms with Gasteiger partial charge in [-0.05, 0) is 25.7 Å². The van der Waals surface area contributed by atoms with Gasteiger partial charge in [-0.15, -0.1) is 0 Å². The number of rotatable bonds is 7. The average Bonchev–Trinajstić information content (AvgIpc) is 3.07. The zero-order valence-electron chi connectivity index (χ0n) is 10.3. The molecule has 0 heterocycles. The molecule has 0 aromatic heterocycles. The van der Waals surface area contributed by atoms with Gasteiger partial charge in [-0.25, -0.2) is 4.79 Å². The SMILES string of the molecule is COC(C)CNC(=O)N(CC(=O)O)CC1CC1. The molecule has 0 saturated heterocycles. The van der Waals surface area contributed by atoms with Crippen LogP contribution in [0.15, 0.2) is 0 Å². The zero-order chi connectivity index (χ0) is 12.8. The predicted octanol–water partition coefficient (Wildman–Crippen LogP) is 0.527. The van der Waals surface area contributed by atoms with Gasteiger partial charge in [-0.3, -0.25) is 4.79 Å². The third-order valence-corrected chi connectivity index (χ3v) is 2.73. The summed E-state index contributed by atoms with van der Waals surface area (Å²) >= 11 is 0. The number of carboxylic acid groups (broad SMARTS) is 1. The number of hydrogen-bond donors (Lipinski definition) is 2. The molecule has 17 heavy (non-hydrogen) atoms. The van der Waals surface area contributed by atoms with Gasteiger partial charge in [0.2, 0.25) is 0 Å². The number of carboxylic acids is 1. The maximum atomic E-state index is 11.8. The van der Waals surface area contributed by atoms with E-state index in [1.165, 1.54) is 4.90 Å². The van der Waals surface area contributed by atoms with Crippen molar-refractivity contribution < 1.29 is 19.4 Å². The molecule has 6 nitrogen and oxygen atoms in total. The van der Waals surface area contributed by atoms with Crippen LogP contribution >= 0.6 is 0 Å². The average molecular weight is 244 g/mol. The highest BCUT2D eigenvalue weighted by molar-refractivity contribution is 5.80. The van der Waals surface area contributed by atoms with E-state index >= 15 is 0 Å². The van der Waals surface area contributed by atoms with Crippen molar-refractivity contribution in [3.8, 4) is 0 Å². The molecule has 1 saturated carbocycles. The highest BCUT2D eigenvalue weighted by atomic mass is 16.5. The van der Waals surface area contributed by atoms with Gasteiger partial charge in [0.15, 0.2) is 0 Å². The molecule has 0 aromatic rings. The van der Waals surface area contributed by atoms with Crippen LogP contribution < -0.4 is 5.32 Å². The maximum absolute atomic E-state index is 11.8. The number of urea groups is 1. The molecular formula is C11H20N2O4. The molecule has 1 aliphatic carbocycles. The lowest BCUT2D eigenvalue weighted by Gasteiger charge is -2.22. The third kappa shape index (κ3) is 5.53. The van der Waals surface area contributed by atoms with Crippen molar-refractivity contribution in [2.24, 2.45) is 5.92 Å². The first-order valence-corrected chi connectivity index (χ1v) is 5.80. The Labute approximate surface area is 101 Å². The molecule has 1 aliphatic rings. The predicted molar refractivity (Wildman–Crippen MR) is 61.8 cm³/mol. The van der Waals surface area contributed by atoms with E-state index in [1.54, 1.807) is 7.11 Å². The summed E-state index contributed by atoms with van der Waals surface area (Å²) in [4.78, 5) is 23.8. The van der Waals surface area contributed by atoms with Gasteiger partial charge in [-0.2, -0.15) is 0 Å². The first-order chi connectivity index (χ1) is 8.02. The number of nitrogens with one attached hydrogen (secondary N) is 1. The molecule has 1 atom stereocenters. The van der Waals surface area contributed by atoms with Crippen LogP contribution in [-0.4, -0.2) is 54.9 Å². The van der Waals surface area contributed by atoms with Crippen LogP contribution in [-0.2, 0) is 9.53 Å². The lowest BCUT2D eigenvalue weighted by Crippen LogP contribution is -2.45. The summed E-state index contributed by atoms with van der Waals surface area (Å²) in [5.41, 5.74) is 0. The smallest absolute Gasteiger partial charge is 0.323 e. The van der Waals surface area contributed by atoms with Crippen molar-refractivity contribution in [3.63, 3.8) is 0 Å². The monoisotopic (exact) mass is 244 g/mol. The zero-order valence-corrected chi connectivity index (χ0v) is 10.3. The largest absolute Gasteiger partial charge is 0.480 e. The van der Waals surface area contributed by atoms with E-state index in [-0.39, 0.29) is 18.7 Å². The Morgan fingerprint density at radius 1 is 1.53 bits per heavy atom. The molecule has 0 bridgehead atoms. The second-order valence-electron chi connectivity index (χ2n) is 4.45. The summed E-state index contributed by atoms with van der Waals surface area (Å²) in [6.45, 7) is 2.50. The first-order valence-electron chi connectivity index (χ1n) is 5.80. The Kier molecular flexibility index (Phi) is 5.21. The summed E-state index contributed by atoms with van der Waals surface area (Å²) in [6, 6.07) is -0.330. The molecule has 0 aliphatic heterocycles. The molecule has 0 radical (unpaired) electrons. The molecule has 98 valence electrons. The van der Waals surface area contributed by atoms with Crippen LogP contribution in [0.2, 0.25) is 0 Å². The summed E-state index contributed by atoms with van der Waals surface area (Å²) in [6.07, 6.45) is 2.09. The minimum absolute atomic E-state index is 0.0773. The van der Waals surface area contributed by atoms with Gasteiger partial charge in [-0.1, -0.05) is 0 Å². The first kappa shape index (κ1) is 13.8. The maximum Gasteiger partial charge on any atom is 0.323 e. The number of carbonyl (C=O) groups excluding carboxylic acids is 1. The van der Waals surface area contributed by atoms with Crippen molar-refractivity contribution >= 4 is 12.0 Å². The van der Waals surface area contributed by atoms with Gasteiger partial charge < -0.3 is 20.1 Å². The lowest BCUT2D eigenvalue weighted by atomic mass is 10.3. The number of ether oxygens (including phenoxy) is 1. The highest BCUT2D eigenvalue weighted by Gasteiger charge is 2.27. The van der Waals surface area contributed by atoms with Gasteiger partial charge >= 0.3 is 12.0 Å². The molecule has 2 amide bonds. The molecule has 0 aromatic carbocycles. The number of hydrogen-bond acceptors (Lipinski definition) is 3. The second kappa shape index (κ2) is 6.44. The Balaban J connectivity index is 2.37. The standard InChI is InChI=1S/C11H20N2O4/c1-8(17-2)5-12-11(16)13(7-10(14)15)6-9-3-4-9/h8-9H,3-7H2,1-2H3,(H,12,16)(H,14,15). The minimum Gasteiger partial charge on any atom is -0.480 e. The van der Waals surface area contributed by atoms with Crippen molar-refractivity contribution in [1.82, 2.24) is 10.2 Å². The summed E-state index contributed by atoms with van der Waals surface area (Å²) in [5, 5.41) is 11.4. The fourth-order valence-electron chi connectivity index (χ4n) is 1.42.